The Hall–Kier alpha value is -2.64. The zero-order chi connectivity index (χ0) is 18.1. The van der Waals surface area contributed by atoms with Crippen LogP contribution in [-0.2, 0) is 19.5 Å². The molecule has 2 aromatic heterocycles. The minimum absolute atomic E-state index is 0.155. The molecule has 3 aromatic rings. The third-order valence-electron chi connectivity index (χ3n) is 4.43. The van der Waals surface area contributed by atoms with E-state index < -0.39 is 0 Å². The number of H-pyrrole nitrogens is 1. The molecule has 0 saturated heterocycles. The van der Waals surface area contributed by atoms with Crippen LogP contribution in [0.5, 0.6) is 0 Å². The van der Waals surface area contributed by atoms with Crippen molar-refractivity contribution in [3.63, 3.8) is 0 Å². The Labute approximate surface area is 153 Å². The lowest BCUT2D eigenvalue weighted by Crippen LogP contribution is -2.35. The molecule has 0 amide bonds. The van der Waals surface area contributed by atoms with Crippen molar-refractivity contribution < 1.29 is 4.39 Å². The van der Waals surface area contributed by atoms with Crippen LogP contribution >= 0.6 is 11.6 Å². The van der Waals surface area contributed by atoms with Crippen LogP contribution in [0.15, 0.2) is 41.7 Å². The van der Waals surface area contributed by atoms with E-state index in [1.54, 1.807) is 24.5 Å². The zero-order valence-electron chi connectivity index (χ0n) is 13.7. The maximum absolute atomic E-state index is 14.1. The van der Waals surface area contributed by atoms with Gasteiger partial charge in [0.2, 0.25) is 0 Å². The van der Waals surface area contributed by atoms with Crippen LogP contribution in [0, 0.1) is 5.82 Å². The molecule has 26 heavy (non-hydrogen) atoms. The fraction of sp³-hybridized carbons (Fsp3) is 0.222. The van der Waals surface area contributed by atoms with Crippen LogP contribution in [0.3, 0.4) is 0 Å². The normalized spacial score (nSPS) is 14.2. The van der Waals surface area contributed by atoms with Crippen molar-refractivity contribution in [3.8, 4) is 11.4 Å². The van der Waals surface area contributed by atoms with E-state index in [2.05, 4.69) is 19.9 Å². The first-order valence-corrected chi connectivity index (χ1v) is 8.52. The van der Waals surface area contributed by atoms with E-state index in [9.17, 15) is 9.18 Å². The number of aromatic nitrogens is 4. The Morgan fingerprint density at radius 1 is 1.27 bits per heavy atom. The molecule has 0 bridgehead atoms. The summed E-state index contributed by atoms with van der Waals surface area (Å²) in [5.41, 5.74) is 2.30. The van der Waals surface area contributed by atoms with Crippen molar-refractivity contribution in [1.29, 1.82) is 0 Å². The topological polar surface area (TPSA) is 74.8 Å². The van der Waals surface area contributed by atoms with E-state index in [1.165, 1.54) is 12.4 Å². The van der Waals surface area contributed by atoms with E-state index in [4.69, 9.17) is 11.6 Å². The molecule has 1 aliphatic rings. The molecule has 0 spiro atoms. The molecule has 1 N–H and O–H groups in total. The van der Waals surface area contributed by atoms with Crippen molar-refractivity contribution >= 4 is 11.6 Å². The first-order chi connectivity index (χ1) is 12.6. The third-order valence-corrected chi connectivity index (χ3v) is 4.78. The van der Waals surface area contributed by atoms with Crippen LogP contribution in [0.2, 0.25) is 5.02 Å². The highest BCUT2D eigenvalue weighted by molar-refractivity contribution is 6.31. The molecule has 0 unspecified atom stereocenters. The molecule has 0 saturated carbocycles. The standard InChI is InChI=1S/C18H15ClFN5O/c19-14-2-1-3-15(20)13(14)8-25-5-4-12-16(9-25)23-17(24-18(12)26)11-6-21-10-22-7-11/h1-3,6-7,10H,4-5,8-9H2,(H,23,24,26). The molecular formula is C18H15ClFN5O. The van der Waals surface area contributed by atoms with Crippen molar-refractivity contribution in [2.45, 2.75) is 19.5 Å². The number of fused-ring (bicyclic) bond motifs is 1. The summed E-state index contributed by atoms with van der Waals surface area (Å²) in [4.78, 5) is 29.7. The summed E-state index contributed by atoms with van der Waals surface area (Å²) >= 11 is 6.13. The van der Waals surface area contributed by atoms with Crippen LogP contribution in [0.25, 0.3) is 11.4 Å². The van der Waals surface area contributed by atoms with Gasteiger partial charge in [-0.3, -0.25) is 9.69 Å². The van der Waals surface area contributed by atoms with Gasteiger partial charge in [-0.2, -0.15) is 0 Å². The number of aromatic amines is 1. The van der Waals surface area contributed by atoms with Gasteiger partial charge in [0.1, 0.15) is 18.0 Å². The molecule has 132 valence electrons. The fourth-order valence-electron chi connectivity index (χ4n) is 3.09. The van der Waals surface area contributed by atoms with Crippen molar-refractivity contribution in [2.24, 2.45) is 0 Å². The van der Waals surface area contributed by atoms with Gasteiger partial charge >= 0.3 is 0 Å². The maximum Gasteiger partial charge on any atom is 0.254 e. The molecule has 6 nitrogen and oxygen atoms in total. The molecule has 1 aliphatic heterocycles. The van der Waals surface area contributed by atoms with Crippen LogP contribution in [0.4, 0.5) is 4.39 Å². The number of halogens is 2. The van der Waals surface area contributed by atoms with Crippen molar-refractivity contribution in [2.75, 3.05) is 6.54 Å². The van der Waals surface area contributed by atoms with E-state index in [0.29, 0.717) is 59.3 Å². The Bertz CT molecular complexity index is 988. The van der Waals surface area contributed by atoms with Gasteiger partial charge in [0.15, 0.2) is 0 Å². The lowest BCUT2D eigenvalue weighted by molar-refractivity contribution is 0.237. The molecule has 0 aliphatic carbocycles. The summed E-state index contributed by atoms with van der Waals surface area (Å²) in [5.74, 6) is 0.101. The minimum atomic E-state index is -0.329. The van der Waals surface area contributed by atoms with Crippen molar-refractivity contribution in [1.82, 2.24) is 24.8 Å². The predicted molar refractivity (Wildman–Crippen MR) is 95.1 cm³/mol. The van der Waals surface area contributed by atoms with Crippen molar-refractivity contribution in [3.05, 3.63) is 74.9 Å². The summed E-state index contributed by atoms with van der Waals surface area (Å²) in [5, 5.41) is 0.400. The number of hydrogen-bond acceptors (Lipinski definition) is 5. The Kier molecular flexibility index (Phi) is 4.48. The molecule has 0 fully saturated rings. The van der Waals surface area contributed by atoms with E-state index in [0.717, 1.165) is 0 Å². The minimum Gasteiger partial charge on any atom is -0.306 e. The summed E-state index contributed by atoms with van der Waals surface area (Å²) in [7, 11) is 0. The van der Waals surface area contributed by atoms with Gasteiger partial charge in [0, 0.05) is 48.2 Å². The van der Waals surface area contributed by atoms with Crippen LogP contribution in [0.1, 0.15) is 16.8 Å². The van der Waals surface area contributed by atoms with Gasteiger partial charge in [0.25, 0.3) is 5.56 Å². The number of benzene rings is 1. The van der Waals surface area contributed by atoms with Crippen LogP contribution in [-0.4, -0.2) is 31.4 Å². The average molecular weight is 372 g/mol. The second-order valence-electron chi connectivity index (χ2n) is 6.13. The number of nitrogens with zero attached hydrogens (tertiary/aromatic N) is 4. The maximum atomic E-state index is 14.1. The molecule has 8 heteroatoms. The number of rotatable bonds is 3. The fourth-order valence-corrected chi connectivity index (χ4v) is 3.32. The van der Waals surface area contributed by atoms with Crippen LogP contribution < -0.4 is 5.56 Å². The number of hydrogen-bond donors (Lipinski definition) is 1. The molecule has 1 aromatic carbocycles. The first-order valence-electron chi connectivity index (χ1n) is 8.14. The van der Waals surface area contributed by atoms with E-state index >= 15 is 0 Å². The van der Waals surface area contributed by atoms with Gasteiger partial charge < -0.3 is 4.98 Å². The van der Waals surface area contributed by atoms with Gasteiger partial charge in [-0.25, -0.2) is 19.3 Å². The SMILES string of the molecule is O=c1[nH]c(-c2cncnc2)nc2c1CCN(Cc1c(F)cccc1Cl)C2. The lowest BCUT2D eigenvalue weighted by atomic mass is 10.0. The third kappa shape index (κ3) is 3.23. The number of nitrogens with one attached hydrogen (secondary N) is 1. The lowest BCUT2D eigenvalue weighted by Gasteiger charge is -2.28. The highest BCUT2D eigenvalue weighted by Crippen LogP contribution is 2.24. The first kappa shape index (κ1) is 16.8. The molecule has 3 heterocycles. The molecule has 0 atom stereocenters. The van der Waals surface area contributed by atoms with E-state index in [1.807, 2.05) is 4.90 Å². The smallest absolute Gasteiger partial charge is 0.254 e. The van der Waals surface area contributed by atoms with Gasteiger partial charge in [-0.1, -0.05) is 17.7 Å². The summed E-state index contributed by atoms with van der Waals surface area (Å²) in [6, 6.07) is 4.66. The zero-order valence-corrected chi connectivity index (χ0v) is 14.5. The molecular weight excluding hydrogens is 357 g/mol. The summed E-state index contributed by atoms with van der Waals surface area (Å²) < 4.78 is 14.1. The Balaban J connectivity index is 1.64. The molecule has 0 radical (unpaired) electrons. The monoisotopic (exact) mass is 371 g/mol. The van der Waals surface area contributed by atoms with Gasteiger partial charge in [-0.05, 0) is 18.6 Å². The van der Waals surface area contributed by atoms with Gasteiger partial charge in [0.05, 0.1) is 11.3 Å². The second-order valence-corrected chi connectivity index (χ2v) is 6.54. The predicted octanol–water partition coefficient (Wildman–Crippen LogP) is 2.58. The van der Waals surface area contributed by atoms with Gasteiger partial charge in [-0.15, -0.1) is 0 Å². The highest BCUT2D eigenvalue weighted by Gasteiger charge is 2.23. The second kappa shape index (κ2) is 6.93. The van der Waals surface area contributed by atoms with E-state index in [-0.39, 0.29) is 11.4 Å². The summed E-state index contributed by atoms with van der Waals surface area (Å²) in [6.07, 6.45) is 5.16. The Morgan fingerprint density at radius 3 is 2.85 bits per heavy atom. The molecule has 4 rings (SSSR count). The highest BCUT2D eigenvalue weighted by atomic mass is 35.5. The Morgan fingerprint density at radius 2 is 2.08 bits per heavy atom. The largest absolute Gasteiger partial charge is 0.306 e. The quantitative estimate of drug-likeness (QED) is 0.766. The average Bonchev–Trinajstić information content (AvgIpc) is 2.65. The summed E-state index contributed by atoms with van der Waals surface area (Å²) in [6.45, 7) is 1.45.